The fourth-order valence-corrected chi connectivity index (χ4v) is 2.60. The first-order valence-corrected chi connectivity index (χ1v) is 7.67. The lowest BCUT2D eigenvalue weighted by molar-refractivity contribution is 0.00578. The predicted molar refractivity (Wildman–Crippen MR) is 86.5 cm³/mol. The summed E-state index contributed by atoms with van der Waals surface area (Å²) in [5.74, 6) is 0.828. The lowest BCUT2D eigenvalue weighted by Gasteiger charge is -2.32. The van der Waals surface area contributed by atoms with Crippen LogP contribution in [0.1, 0.15) is 39.3 Å². The molecule has 1 aliphatic rings. The van der Waals surface area contributed by atoms with Gasteiger partial charge in [0.1, 0.15) is 23.2 Å². The second-order valence-electron chi connectivity index (χ2n) is 6.89. The molecule has 1 aromatic carbocycles. The normalized spacial score (nSPS) is 19.3. The number of nitrogens with zero attached hydrogens (tertiary/aromatic N) is 3. The summed E-state index contributed by atoms with van der Waals surface area (Å²) in [6.45, 7) is 11.3. The molecular weight excluding hydrogens is 296 g/mol. The Labute approximate surface area is 136 Å². The molecule has 5 nitrogen and oxygen atoms in total. The number of aryl methyl sites for hydroxylation is 2. The van der Waals surface area contributed by atoms with Gasteiger partial charge in [0.05, 0.1) is 11.2 Å². The van der Waals surface area contributed by atoms with Crippen molar-refractivity contribution in [2.45, 2.75) is 52.7 Å². The van der Waals surface area contributed by atoms with Crippen molar-refractivity contribution in [1.82, 2.24) is 14.8 Å². The monoisotopic (exact) mass is 317 g/mol. The Hall–Kier alpha value is -1.73. The van der Waals surface area contributed by atoms with E-state index in [-0.39, 0.29) is 0 Å². The molecule has 23 heavy (non-hydrogen) atoms. The summed E-state index contributed by atoms with van der Waals surface area (Å²) in [4.78, 5) is 4.22. The Morgan fingerprint density at radius 2 is 1.70 bits per heavy atom. The maximum absolute atomic E-state index is 15.1. The van der Waals surface area contributed by atoms with E-state index in [9.17, 15) is 0 Å². The second kappa shape index (κ2) is 5.14. The van der Waals surface area contributed by atoms with Crippen LogP contribution in [0.3, 0.4) is 0 Å². The number of benzene rings is 1. The standard InChI is InChI=1S/C16H21BFN3O2/c1-10-19-11(2)21(20-10)13-9-7-8-12(14(13)18)17-22-15(3,4)16(5,6)23-17/h7-9H,1-6H3. The van der Waals surface area contributed by atoms with Crippen molar-refractivity contribution in [1.29, 1.82) is 0 Å². The largest absolute Gasteiger partial charge is 0.497 e. The fourth-order valence-electron chi connectivity index (χ4n) is 2.60. The molecular formula is C16H21BFN3O2. The molecule has 0 atom stereocenters. The van der Waals surface area contributed by atoms with Crippen LogP contribution in [0.5, 0.6) is 0 Å². The summed E-state index contributed by atoms with van der Waals surface area (Å²) in [7, 11) is -0.745. The molecule has 1 aliphatic heterocycles. The maximum Gasteiger partial charge on any atom is 0.497 e. The zero-order valence-corrected chi connectivity index (χ0v) is 14.3. The molecule has 0 saturated carbocycles. The van der Waals surface area contributed by atoms with Crippen LogP contribution >= 0.6 is 0 Å². The molecule has 0 radical (unpaired) electrons. The van der Waals surface area contributed by atoms with E-state index >= 15 is 4.39 Å². The predicted octanol–water partition coefficient (Wildman–Crippen LogP) is 2.32. The number of rotatable bonds is 2. The van der Waals surface area contributed by atoms with Gasteiger partial charge in [0.15, 0.2) is 0 Å². The summed E-state index contributed by atoms with van der Waals surface area (Å²) in [6, 6.07) is 5.13. The third-order valence-electron chi connectivity index (χ3n) is 4.62. The lowest BCUT2D eigenvalue weighted by Crippen LogP contribution is -2.41. The fraction of sp³-hybridized carbons (Fsp3) is 0.500. The third-order valence-corrected chi connectivity index (χ3v) is 4.62. The minimum atomic E-state index is -0.745. The molecule has 2 aromatic rings. The summed E-state index contributed by atoms with van der Waals surface area (Å²) >= 11 is 0. The Morgan fingerprint density at radius 1 is 1.09 bits per heavy atom. The molecule has 0 aliphatic carbocycles. The Kier molecular flexibility index (Phi) is 3.61. The van der Waals surface area contributed by atoms with E-state index in [0.717, 1.165) is 0 Å². The first-order valence-electron chi connectivity index (χ1n) is 7.67. The van der Waals surface area contributed by atoms with E-state index in [4.69, 9.17) is 9.31 Å². The average molecular weight is 317 g/mol. The molecule has 3 rings (SSSR count). The van der Waals surface area contributed by atoms with Gasteiger partial charge in [0, 0.05) is 5.46 Å². The van der Waals surface area contributed by atoms with Crippen molar-refractivity contribution in [2.75, 3.05) is 0 Å². The second-order valence-corrected chi connectivity index (χ2v) is 6.89. The van der Waals surface area contributed by atoms with Gasteiger partial charge >= 0.3 is 7.12 Å². The van der Waals surface area contributed by atoms with Crippen molar-refractivity contribution >= 4 is 12.6 Å². The van der Waals surface area contributed by atoms with Crippen LogP contribution in [-0.4, -0.2) is 33.1 Å². The highest BCUT2D eigenvalue weighted by atomic mass is 19.1. The molecule has 122 valence electrons. The molecule has 1 aromatic heterocycles. The smallest absolute Gasteiger partial charge is 0.399 e. The lowest BCUT2D eigenvalue weighted by atomic mass is 9.78. The van der Waals surface area contributed by atoms with Crippen molar-refractivity contribution in [3.8, 4) is 5.69 Å². The van der Waals surface area contributed by atoms with Crippen molar-refractivity contribution < 1.29 is 13.7 Å². The first-order chi connectivity index (χ1) is 10.6. The molecule has 0 bridgehead atoms. The molecule has 7 heteroatoms. The van der Waals surface area contributed by atoms with Crippen LogP contribution < -0.4 is 5.46 Å². The third kappa shape index (κ3) is 2.58. The minimum Gasteiger partial charge on any atom is -0.399 e. The summed E-state index contributed by atoms with van der Waals surface area (Å²) in [5, 5.41) is 4.25. The molecule has 1 fully saturated rings. The summed E-state index contributed by atoms with van der Waals surface area (Å²) < 4.78 is 28.5. The Morgan fingerprint density at radius 3 is 2.22 bits per heavy atom. The van der Waals surface area contributed by atoms with Crippen LogP contribution in [0.4, 0.5) is 4.39 Å². The van der Waals surface area contributed by atoms with Crippen LogP contribution in [0.25, 0.3) is 5.69 Å². The zero-order valence-electron chi connectivity index (χ0n) is 14.3. The van der Waals surface area contributed by atoms with E-state index in [1.807, 2.05) is 27.7 Å². The van der Waals surface area contributed by atoms with Gasteiger partial charge in [-0.1, -0.05) is 12.1 Å². The van der Waals surface area contributed by atoms with E-state index < -0.39 is 24.1 Å². The summed E-state index contributed by atoms with van der Waals surface area (Å²) in [6.07, 6.45) is 0. The number of aromatic nitrogens is 3. The van der Waals surface area contributed by atoms with Crippen molar-refractivity contribution in [3.05, 3.63) is 35.7 Å². The van der Waals surface area contributed by atoms with Crippen LogP contribution in [0.2, 0.25) is 0 Å². The summed E-state index contributed by atoms with van der Waals surface area (Å²) in [5.41, 5.74) is -0.316. The Bertz CT molecular complexity index is 742. The van der Waals surface area contributed by atoms with Crippen LogP contribution in [-0.2, 0) is 9.31 Å². The molecule has 0 unspecified atom stereocenters. The van der Waals surface area contributed by atoms with Crippen molar-refractivity contribution in [3.63, 3.8) is 0 Å². The highest BCUT2D eigenvalue weighted by Gasteiger charge is 2.52. The van der Waals surface area contributed by atoms with Gasteiger partial charge < -0.3 is 9.31 Å². The number of hydrogen-bond acceptors (Lipinski definition) is 4. The highest BCUT2D eigenvalue weighted by molar-refractivity contribution is 6.62. The molecule has 0 N–H and O–H groups in total. The van der Waals surface area contributed by atoms with Crippen molar-refractivity contribution in [2.24, 2.45) is 0 Å². The van der Waals surface area contributed by atoms with Gasteiger partial charge in [-0.05, 0) is 47.6 Å². The average Bonchev–Trinajstić information content (AvgIpc) is 2.86. The minimum absolute atomic E-state index is 0.343. The number of hydrogen-bond donors (Lipinski definition) is 0. The number of halogens is 1. The molecule has 0 spiro atoms. The maximum atomic E-state index is 15.1. The van der Waals surface area contributed by atoms with E-state index in [2.05, 4.69) is 10.1 Å². The highest BCUT2D eigenvalue weighted by Crippen LogP contribution is 2.36. The van der Waals surface area contributed by atoms with Gasteiger partial charge in [-0.25, -0.2) is 14.1 Å². The van der Waals surface area contributed by atoms with Crippen LogP contribution in [0, 0.1) is 19.7 Å². The van der Waals surface area contributed by atoms with Gasteiger partial charge in [0.25, 0.3) is 0 Å². The topological polar surface area (TPSA) is 49.2 Å². The SMILES string of the molecule is Cc1nc(C)n(-c2cccc(B3OC(C)(C)C(C)(C)O3)c2F)n1. The van der Waals surface area contributed by atoms with Crippen LogP contribution in [0.15, 0.2) is 18.2 Å². The van der Waals surface area contributed by atoms with Gasteiger partial charge in [-0.3, -0.25) is 0 Å². The zero-order chi connectivity index (χ0) is 17.0. The first kappa shape index (κ1) is 16.1. The quantitative estimate of drug-likeness (QED) is 0.798. The molecule has 2 heterocycles. The van der Waals surface area contributed by atoms with Gasteiger partial charge in [-0.2, -0.15) is 5.10 Å². The molecule has 1 saturated heterocycles. The van der Waals surface area contributed by atoms with E-state index in [1.165, 1.54) is 4.68 Å². The van der Waals surface area contributed by atoms with Gasteiger partial charge in [0.2, 0.25) is 0 Å². The van der Waals surface area contributed by atoms with Gasteiger partial charge in [-0.15, -0.1) is 0 Å². The van der Waals surface area contributed by atoms with E-state index in [1.54, 1.807) is 32.0 Å². The van der Waals surface area contributed by atoms with E-state index in [0.29, 0.717) is 22.8 Å². The Balaban J connectivity index is 2.04. The molecule has 0 amide bonds.